The molecule has 3 nitrogen and oxygen atoms in total. The van der Waals surface area contributed by atoms with E-state index in [1.165, 1.54) is 0 Å². The van der Waals surface area contributed by atoms with Crippen LogP contribution in [-0.2, 0) is 9.53 Å². The van der Waals surface area contributed by atoms with Crippen molar-refractivity contribution in [2.24, 2.45) is 0 Å². The Kier molecular flexibility index (Phi) is 4.14. The van der Waals surface area contributed by atoms with Gasteiger partial charge in [0, 0.05) is 6.42 Å². The normalized spacial score (nSPS) is 21.2. The molecule has 0 spiro atoms. The number of rotatable bonds is 4. The van der Waals surface area contributed by atoms with Gasteiger partial charge < -0.3 is 9.84 Å². The average molecular weight is 197 g/mol. The first kappa shape index (κ1) is 11.2. The van der Waals surface area contributed by atoms with Gasteiger partial charge in [-0.25, -0.2) is 4.79 Å². The summed E-state index contributed by atoms with van der Waals surface area (Å²) >= 11 is 0. The van der Waals surface area contributed by atoms with E-state index in [1.807, 2.05) is 19.1 Å². The molecule has 79 valence electrons. The van der Waals surface area contributed by atoms with Gasteiger partial charge in [0.15, 0.2) is 5.60 Å². The topological polar surface area (TPSA) is 46.5 Å². The lowest BCUT2D eigenvalue weighted by atomic mass is 9.85. The summed E-state index contributed by atoms with van der Waals surface area (Å²) in [6, 6.07) is 0. The maximum Gasteiger partial charge on any atom is 0.336 e. The van der Waals surface area contributed by atoms with Gasteiger partial charge in [-0.15, -0.1) is 0 Å². The highest BCUT2D eigenvalue weighted by Gasteiger charge is 2.40. The Hall–Kier alpha value is -0.830. The van der Waals surface area contributed by atoms with Crippen LogP contribution < -0.4 is 0 Å². The predicted octanol–water partition coefficient (Wildman–Crippen LogP) is 2.18. The second kappa shape index (κ2) is 5.15. The van der Waals surface area contributed by atoms with Crippen LogP contribution in [0.15, 0.2) is 12.2 Å². The van der Waals surface area contributed by atoms with E-state index in [9.17, 15) is 4.79 Å². The van der Waals surface area contributed by atoms with Gasteiger partial charge in [0.05, 0.1) is 6.61 Å². The van der Waals surface area contributed by atoms with E-state index < -0.39 is 11.6 Å². The molecule has 1 aliphatic rings. The number of ether oxygens (including phenoxy) is 1. The summed E-state index contributed by atoms with van der Waals surface area (Å²) in [5, 5.41) is 9.11. The van der Waals surface area contributed by atoms with Crippen molar-refractivity contribution < 1.29 is 14.6 Å². The van der Waals surface area contributed by atoms with Crippen LogP contribution in [0.2, 0.25) is 0 Å². The van der Waals surface area contributed by atoms with E-state index >= 15 is 0 Å². The van der Waals surface area contributed by atoms with Gasteiger partial charge >= 0.3 is 5.97 Å². The third kappa shape index (κ3) is 2.58. The van der Waals surface area contributed by atoms with Crippen molar-refractivity contribution >= 4 is 5.97 Å². The maximum absolute atomic E-state index is 11.1. The molecule has 1 unspecified atom stereocenters. The molecule has 0 aromatic carbocycles. The number of carbonyl (C=O) groups is 1. The smallest absolute Gasteiger partial charge is 0.336 e. The number of carboxylic acid groups (broad SMARTS) is 1. The minimum atomic E-state index is -1.03. The van der Waals surface area contributed by atoms with Gasteiger partial charge in [0.1, 0.15) is 0 Å². The molecular weight excluding hydrogens is 180 g/mol. The van der Waals surface area contributed by atoms with E-state index in [2.05, 4.69) is 0 Å². The van der Waals surface area contributed by atoms with Crippen molar-refractivity contribution in [2.75, 3.05) is 6.61 Å². The highest BCUT2D eigenvalue weighted by atomic mass is 16.5. The summed E-state index contributed by atoms with van der Waals surface area (Å²) in [7, 11) is 0. The van der Waals surface area contributed by atoms with E-state index in [1.54, 1.807) is 6.42 Å². The molecule has 1 rings (SSSR count). The van der Waals surface area contributed by atoms with Crippen molar-refractivity contribution in [1.29, 1.82) is 0 Å². The van der Waals surface area contributed by atoms with Gasteiger partial charge in [0.2, 0.25) is 0 Å². The predicted molar refractivity (Wildman–Crippen MR) is 53.9 cm³/mol. The Morgan fingerprint density at radius 1 is 1.64 bits per heavy atom. The highest BCUT2D eigenvalue weighted by molar-refractivity contribution is 5.79. The van der Waals surface area contributed by atoms with Crippen molar-refractivity contribution in [1.82, 2.24) is 0 Å². The first-order valence-corrected chi connectivity index (χ1v) is 5.04. The molecule has 14 heavy (non-hydrogen) atoms. The number of aliphatic carboxylic acids is 1. The van der Waals surface area contributed by atoms with Crippen LogP contribution in [-0.4, -0.2) is 23.3 Å². The molecule has 0 bridgehead atoms. The molecule has 0 aliphatic heterocycles. The zero-order valence-corrected chi connectivity index (χ0v) is 8.53. The van der Waals surface area contributed by atoms with Crippen LogP contribution in [0.4, 0.5) is 0 Å². The quantitative estimate of drug-likeness (QED) is 0.703. The summed E-state index contributed by atoms with van der Waals surface area (Å²) in [6.45, 7) is 2.26. The van der Waals surface area contributed by atoms with Crippen molar-refractivity contribution in [2.45, 2.75) is 38.2 Å². The van der Waals surface area contributed by atoms with E-state index in [4.69, 9.17) is 9.84 Å². The molecule has 0 saturated heterocycles. The number of allylic oxidation sites excluding steroid dienone is 1. The fourth-order valence-electron chi connectivity index (χ4n) is 1.65. The minimum absolute atomic E-state index is 0.374. The molecule has 1 aliphatic carbocycles. The Balaban J connectivity index is 2.56. The number of hydrogen-bond acceptors (Lipinski definition) is 2. The monoisotopic (exact) mass is 197 g/mol. The first-order valence-electron chi connectivity index (χ1n) is 5.04. The third-order valence-electron chi connectivity index (χ3n) is 2.51. The van der Waals surface area contributed by atoms with E-state index in [0.29, 0.717) is 13.0 Å². The molecule has 1 fully saturated rings. The van der Waals surface area contributed by atoms with Crippen LogP contribution in [0.3, 0.4) is 0 Å². The zero-order chi connectivity index (χ0) is 10.4. The second-order valence-corrected chi connectivity index (χ2v) is 3.52. The fraction of sp³-hybridized carbons (Fsp3) is 0.636. The molecule has 0 heterocycles. The highest BCUT2D eigenvalue weighted by Crippen LogP contribution is 2.30. The van der Waals surface area contributed by atoms with Crippen molar-refractivity contribution in [3.05, 3.63) is 18.6 Å². The largest absolute Gasteiger partial charge is 0.479 e. The van der Waals surface area contributed by atoms with Crippen LogP contribution >= 0.6 is 0 Å². The molecule has 3 heteroatoms. The Labute approximate surface area is 84.8 Å². The average Bonchev–Trinajstić information content (AvgIpc) is 2.19. The van der Waals surface area contributed by atoms with Crippen LogP contribution in [0.25, 0.3) is 0 Å². The van der Waals surface area contributed by atoms with Gasteiger partial charge in [-0.05, 0) is 26.2 Å². The zero-order valence-electron chi connectivity index (χ0n) is 8.53. The second-order valence-electron chi connectivity index (χ2n) is 3.52. The summed E-state index contributed by atoms with van der Waals surface area (Å²) in [5.74, 6) is -0.860. The summed E-state index contributed by atoms with van der Waals surface area (Å²) < 4.78 is 5.43. The standard InChI is InChI=1S/C11H17O3/c1-2-3-9-14-11(10(12)13)7-5-4-6-8-11/h2-3,7H,4-6,8-9H2,1H3,(H,12,13). The Morgan fingerprint density at radius 2 is 2.43 bits per heavy atom. The van der Waals surface area contributed by atoms with Gasteiger partial charge in [-0.1, -0.05) is 18.6 Å². The lowest BCUT2D eigenvalue weighted by Gasteiger charge is -2.32. The SMILES string of the molecule is CC=CCOC1(C(=O)O)[CH]CCCC1. The van der Waals surface area contributed by atoms with E-state index in [-0.39, 0.29) is 0 Å². The molecule has 0 aromatic rings. The molecule has 0 aromatic heterocycles. The van der Waals surface area contributed by atoms with Crippen LogP contribution in [0.5, 0.6) is 0 Å². The Morgan fingerprint density at radius 3 is 2.93 bits per heavy atom. The van der Waals surface area contributed by atoms with Gasteiger partial charge in [-0.2, -0.15) is 0 Å². The van der Waals surface area contributed by atoms with Crippen LogP contribution in [0, 0.1) is 6.42 Å². The summed E-state index contributed by atoms with van der Waals surface area (Å²) in [4.78, 5) is 11.1. The summed E-state index contributed by atoms with van der Waals surface area (Å²) in [6.07, 6.45) is 8.91. The minimum Gasteiger partial charge on any atom is -0.479 e. The number of carboxylic acids is 1. The van der Waals surface area contributed by atoms with E-state index in [0.717, 1.165) is 19.3 Å². The fourth-order valence-corrected chi connectivity index (χ4v) is 1.65. The lowest BCUT2D eigenvalue weighted by molar-refractivity contribution is -0.162. The molecule has 1 atom stereocenters. The third-order valence-corrected chi connectivity index (χ3v) is 2.51. The number of hydrogen-bond donors (Lipinski definition) is 1. The summed E-state index contributed by atoms with van der Waals surface area (Å²) in [5.41, 5.74) is -1.03. The van der Waals surface area contributed by atoms with Gasteiger partial charge in [-0.3, -0.25) is 0 Å². The molecule has 1 saturated carbocycles. The molecular formula is C11H17O3. The first-order chi connectivity index (χ1) is 6.71. The van der Waals surface area contributed by atoms with Crippen LogP contribution in [0.1, 0.15) is 32.6 Å². The van der Waals surface area contributed by atoms with Crippen molar-refractivity contribution in [3.63, 3.8) is 0 Å². The molecule has 0 amide bonds. The van der Waals surface area contributed by atoms with Gasteiger partial charge in [0.25, 0.3) is 0 Å². The van der Waals surface area contributed by atoms with Crippen molar-refractivity contribution in [3.8, 4) is 0 Å². The Bertz CT molecular complexity index is 215. The lowest BCUT2D eigenvalue weighted by Crippen LogP contribution is -2.44. The molecule has 1 radical (unpaired) electrons. The maximum atomic E-state index is 11.1. The molecule has 1 N–H and O–H groups in total.